The second kappa shape index (κ2) is 7.81. The third-order valence-electron chi connectivity index (χ3n) is 5.02. The third-order valence-corrected chi connectivity index (χ3v) is 7.50. The van der Waals surface area contributed by atoms with E-state index in [1.807, 2.05) is 18.2 Å². The van der Waals surface area contributed by atoms with Crippen LogP contribution < -0.4 is 0 Å². The molecule has 3 nitrogen and oxygen atoms in total. The van der Waals surface area contributed by atoms with Crippen LogP contribution in [0.15, 0.2) is 30.0 Å². The Bertz CT molecular complexity index is 688. The van der Waals surface area contributed by atoms with Gasteiger partial charge in [-0.2, -0.15) is 0 Å². The SMILES string of the molecule is CCP(=O)(O)Cc1ccccc1C1=C(O[Si](C)C)CC(C(C)(C)C)C1. The molecule has 1 radical (unpaired) electrons. The van der Waals surface area contributed by atoms with Gasteiger partial charge in [0.25, 0.3) is 9.04 Å². The van der Waals surface area contributed by atoms with E-state index in [4.69, 9.17) is 4.43 Å². The molecular weight excluding hydrogens is 347 g/mol. The summed E-state index contributed by atoms with van der Waals surface area (Å²) in [6.07, 6.45) is 2.50. The molecule has 0 saturated carbocycles. The lowest BCUT2D eigenvalue weighted by Crippen LogP contribution is -2.18. The molecule has 25 heavy (non-hydrogen) atoms. The number of hydrogen-bond acceptors (Lipinski definition) is 2. The topological polar surface area (TPSA) is 46.5 Å². The number of allylic oxidation sites excluding steroid dienone is 2. The summed E-state index contributed by atoms with van der Waals surface area (Å²) in [5.41, 5.74) is 3.55. The molecule has 0 heterocycles. The minimum absolute atomic E-state index is 0.218. The van der Waals surface area contributed by atoms with Gasteiger partial charge in [0, 0.05) is 12.6 Å². The molecule has 0 saturated heterocycles. The minimum Gasteiger partial charge on any atom is -0.545 e. The van der Waals surface area contributed by atoms with Crippen LogP contribution in [0, 0.1) is 11.3 Å². The van der Waals surface area contributed by atoms with E-state index in [9.17, 15) is 9.46 Å². The lowest BCUT2D eigenvalue weighted by Gasteiger charge is -2.27. The van der Waals surface area contributed by atoms with Crippen molar-refractivity contribution in [2.45, 2.75) is 59.8 Å². The smallest absolute Gasteiger partial charge is 0.273 e. The Kier molecular flexibility index (Phi) is 6.40. The Hall–Kier alpha value is -0.833. The van der Waals surface area contributed by atoms with Gasteiger partial charge in [-0.05, 0) is 47.5 Å². The second-order valence-corrected chi connectivity index (χ2v) is 13.0. The second-order valence-electron chi connectivity index (χ2n) is 8.36. The van der Waals surface area contributed by atoms with E-state index in [0.717, 1.165) is 29.7 Å². The Morgan fingerprint density at radius 2 is 1.88 bits per heavy atom. The summed E-state index contributed by atoms with van der Waals surface area (Å²) in [6, 6.07) is 8.06. The number of rotatable bonds is 6. The van der Waals surface area contributed by atoms with Gasteiger partial charge in [0.05, 0.1) is 11.9 Å². The highest BCUT2D eigenvalue weighted by atomic mass is 31.2. The lowest BCUT2D eigenvalue weighted by molar-refractivity contribution is 0.238. The highest BCUT2D eigenvalue weighted by Crippen LogP contribution is 2.49. The molecule has 2 atom stereocenters. The van der Waals surface area contributed by atoms with Crippen molar-refractivity contribution in [3.05, 3.63) is 41.2 Å². The van der Waals surface area contributed by atoms with Crippen molar-refractivity contribution in [3.8, 4) is 0 Å². The largest absolute Gasteiger partial charge is 0.545 e. The van der Waals surface area contributed by atoms with Crippen molar-refractivity contribution in [3.63, 3.8) is 0 Å². The van der Waals surface area contributed by atoms with Crippen LogP contribution in [0.4, 0.5) is 0 Å². The van der Waals surface area contributed by atoms with Gasteiger partial charge in [-0.1, -0.05) is 52.0 Å². The zero-order valence-corrected chi connectivity index (χ0v) is 18.3. The Morgan fingerprint density at radius 1 is 1.24 bits per heavy atom. The van der Waals surface area contributed by atoms with E-state index < -0.39 is 16.4 Å². The van der Waals surface area contributed by atoms with Gasteiger partial charge in [-0.3, -0.25) is 4.57 Å². The van der Waals surface area contributed by atoms with Crippen LogP contribution in [0.2, 0.25) is 13.1 Å². The molecule has 0 aliphatic heterocycles. The van der Waals surface area contributed by atoms with Gasteiger partial charge >= 0.3 is 0 Å². The van der Waals surface area contributed by atoms with Crippen molar-refractivity contribution in [1.29, 1.82) is 0 Å². The fourth-order valence-electron chi connectivity index (χ4n) is 3.33. The van der Waals surface area contributed by atoms with E-state index in [2.05, 4.69) is 39.9 Å². The van der Waals surface area contributed by atoms with Gasteiger partial charge in [0.2, 0.25) is 7.37 Å². The fourth-order valence-corrected chi connectivity index (χ4v) is 5.06. The van der Waals surface area contributed by atoms with Gasteiger partial charge in [-0.25, -0.2) is 0 Å². The van der Waals surface area contributed by atoms with Crippen molar-refractivity contribution >= 4 is 22.0 Å². The van der Waals surface area contributed by atoms with Gasteiger partial charge in [0.15, 0.2) is 0 Å². The quantitative estimate of drug-likeness (QED) is 0.493. The van der Waals surface area contributed by atoms with Crippen molar-refractivity contribution in [2.75, 3.05) is 6.16 Å². The van der Waals surface area contributed by atoms with E-state index in [0.29, 0.717) is 12.1 Å². The van der Waals surface area contributed by atoms with E-state index in [1.54, 1.807) is 6.92 Å². The van der Waals surface area contributed by atoms with Crippen molar-refractivity contribution < 1.29 is 13.9 Å². The first-order valence-electron chi connectivity index (χ1n) is 9.12. The van der Waals surface area contributed by atoms with Crippen LogP contribution in [-0.4, -0.2) is 20.1 Å². The van der Waals surface area contributed by atoms with Crippen LogP contribution in [0.5, 0.6) is 0 Å². The van der Waals surface area contributed by atoms with Crippen molar-refractivity contribution in [1.82, 2.24) is 0 Å². The molecule has 1 aromatic rings. The average molecular weight is 380 g/mol. The van der Waals surface area contributed by atoms with Crippen LogP contribution in [0.1, 0.15) is 51.7 Å². The number of hydrogen-bond donors (Lipinski definition) is 1. The zero-order valence-electron chi connectivity index (χ0n) is 16.4. The first-order valence-corrected chi connectivity index (χ1v) is 13.6. The van der Waals surface area contributed by atoms with Gasteiger partial charge < -0.3 is 9.32 Å². The Labute approximate surface area is 154 Å². The molecule has 2 unspecified atom stereocenters. The first-order chi connectivity index (χ1) is 11.5. The standard InChI is InChI=1S/C20H32O3PSi/c1-7-24(21,22)14-15-10-8-9-11-17(15)18-12-16(20(2,3)4)13-19(18)23-25(5)6/h8-11,16H,7,12-14H2,1-6H3,(H,21,22). The maximum absolute atomic E-state index is 12.3. The molecule has 1 aromatic carbocycles. The third kappa shape index (κ3) is 5.32. The summed E-state index contributed by atoms with van der Waals surface area (Å²) in [5, 5.41) is 0. The summed E-state index contributed by atoms with van der Waals surface area (Å²) in [5.74, 6) is 1.65. The molecule has 0 bridgehead atoms. The lowest BCUT2D eigenvalue weighted by atomic mass is 9.78. The van der Waals surface area contributed by atoms with E-state index in [1.165, 1.54) is 5.57 Å². The molecule has 0 fully saturated rings. The summed E-state index contributed by atoms with van der Waals surface area (Å²) >= 11 is 0. The molecule has 0 spiro atoms. The fraction of sp³-hybridized carbons (Fsp3) is 0.600. The maximum atomic E-state index is 12.3. The summed E-state index contributed by atoms with van der Waals surface area (Å²) < 4.78 is 18.6. The maximum Gasteiger partial charge on any atom is 0.273 e. The molecule has 1 aliphatic carbocycles. The highest BCUT2D eigenvalue weighted by Gasteiger charge is 2.35. The van der Waals surface area contributed by atoms with Crippen LogP contribution in [0.3, 0.4) is 0 Å². The zero-order chi connectivity index (χ0) is 18.8. The van der Waals surface area contributed by atoms with Gasteiger partial charge in [-0.15, -0.1) is 0 Å². The van der Waals surface area contributed by atoms with Crippen LogP contribution in [0.25, 0.3) is 5.57 Å². The normalized spacial score (nSPS) is 20.9. The Morgan fingerprint density at radius 3 is 2.44 bits per heavy atom. The summed E-state index contributed by atoms with van der Waals surface area (Å²) in [4.78, 5) is 10.1. The van der Waals surface area contributed by atoms with Crippen molar-refractivity contribution in [2.24, 2.45) is 11.3 Å². The van der Waals surface area contributed by atoms with E-state index in [-0.39, 0.29) is 11.6 Å². The molecular formula is C20H32O3PSi. The van der Waals surface area contributed by atoms with E-state index >= 15 is 0 Å². The summed E-state index contributed by atoms with van der Waals surface area (Å²) in [6.45, 7) is 13.0. The molecule has 0 aromatic heterocycles. The molecule has 139 valence electrons. The first kappa shape index (κ1) is 20.5. The van der Waals surface area contributed by atoms with Gasteiger partial charge in [0.1, 0.15) is 0 Å². The van der Waals surface area contributed by atoms with Crippen LogP contribution in [-0.2, 0) is 15.2 Å². The summed E-state index contributed by atoms with van der Waals surface area (Å²) in [7, 11) is -3.95. The molecule has 0 amide bonds. The minimum atomic E-state index is -3.11. The predicted octanol–water partition coefficient (Wildman–Crippen LogP) is 5.91. The Balaban J connectivity index is 2.44. The monoisotopic (exact) mass is 379 g/mol. The molecule has 1 N–H and O–H groups in total. The predicted molar refractivity (Wildman–Crippen MR) is 108 cm³/mol. The number of benzene rings is 1. The molecule has 2 rings (SSSR count). The molecule has 1 aliphatic rings. The molecule has 5 heteroatoms. The van der Waals surface area contributed by atoms with Crippen LogP contribution >= 0.6 is 7.37 Å². The highest BCUT2D eigenvalue weighted by molar-refractivity contribution is 7.57. The average Bonchev–Trinajstić information content (AvgIpc) is 2.90.